The number of carbonyl (C=O) groups excluding carboxylic acids is 1. The van der Waals surface area contributed by atoms with Crippen LogP contribution in [-0.4, -0.2) is 16.9 Å². The van der Waals surface area contributed by atoms with Crippen molar-refractivity contribution in [3.63, 3.8) is 0 Å². The van der Waals surface area contributed by atoms with Crippen LogP contribution in [0.2, 0.25) is 0 Å². The summed E-state index contributed by atoms with van der Waals surface area (Å²) in [4.78, 5) is 22.4. The second-order valence-corrected chi connectivity index (χ2v) is 1.88. The highest BCUT2D eigenvalue weighted by Crippen LogP contribution is 2.04. The molecule has 0 atom stereocenters. The Morgan fingerprint density at radius 2 is 1.83 bits per heavy atom. The molecule has 0 aromatic heterocycles. The average Bonchev–Trinajstić information content (AvgIpc) is 2.25. The van der Waals surface area contributed by atoms with E-state index in [0.29, 0.717) is 0 Å². The zero-order valence-corrected chi connectivity index (χ0v) is 5.76. The quantitative estimate of drug-likeness (QED) is 0.687. The number of carboxylic acids is 1. The van der Waals surface area contributed by atoms with E-state index in [1.807, 2.05) is 0 Å². The van der Waals surface area contributed by atoms with Crippen molar-refractivity contribution >= 4 is 11.8 Å². The third-order valence-corrected chi connectivity index (χ3v) is 1.07. The van der Waals surface area contributed by atoms with E-state index in [1.165, 1.54) is 0 Å². The first kappa shape index (κ1) is 3.01. The normalized spacial score (nSPS) is 18.8. The Morgan fingerprint density at radius 1 is 1.33 bits per heavy atom. The van der Waals surface area contributed by atoms with Crippen LogP contribution in [0.25, 0.3) is 0 Å². The molecule has 0 heterocycles. The summed E-state index contributed by atoms with van der Waals surface area (Å²) in [5.41, 5.74) is -1.84. The number of hydrogen-bond donors (Lipinski definition) is 1. The van der Waals surface area contributed by atoms with Crippen molar-refractivity contribution in [2.24, 2.45) is 0 Å². The van der Waals surface area contributed by atoms with Crippen LogP contribution in [0.15, 0.2) is 24.2 Å². The standard InChI is InChI=1S/C9H8O3/c1-6(10)7-2-4-8(5-3-7)9(11)12/h2-5H,1H3,(H,11,12)/i1D3,2D,3D,4D,5D. The SMILES string of the molecule is [2H]c1c([2H])c(C(=O)C([2H])([2H])[2H])c([2H])c([2H])c1C(=O)O. The maximum absolute atomic E-state index is 11.6. The third kappa shape index (κ3) is 1.69. The van der Waals surface area contributed by atoms with Crippen LogP contribution < -0.4 is 0 Å². The summed E-state index contributed by atoms with van der Waals surface area (Å²) in [5.74, 6) is -3.24. The molecule has 1 aromatic carbocycles. The second-order valence-electron chi connectivity index (χ2n) is 1.88. The van der Waals surface area contributed by atoms with Gasteiger partial charge in [0.05, 0.1) is 11.0 Å². The van der Waals surface area contributed by atoms with E-state index in [-0.39, 0.29) is 0 Å². The maximum Gasteiger partial charge on any atom is 0.335 e. The van der Waals surface area contributed by atoms with E-state index in [9.17, 15) is 9.59 Å². The van der Waals surface area contributed by atoms with Gasteiger partial charge in [0.2, 0.25) is 0 Å². The summed E-state index contributed by atoms with van der Waals surface area (Å²) in [5, 5.41) is 8.78. The van der Waals surface area contributed by atoms with Crippen molar-refractivity contribution in [2.45, 2.75) is 6.85 Å². The Morgan fingerprint density at radius 3 is 2.25 bits per heavy atom. The van der Waals surface area contributed by atoms with Gasteiger partial charge < -0.3 is 5.11 Å². The molecule has 0 aliphatic carbocycles. The van der Waals surface area contributed by atoms with Crippen molar-refractivity contribution in [3.8, 4) is 0 Å². The molecule has 0 bridgehead atoms. The lowest BCUT2D eigenvalue weighted by atomic mass is 10.1. The summed E-state index contributed by atoms with van der Waals surface area (Å²) in [6.45, 7) is -3.13. The van der Waals surface area contributed by atoms with Crippen molar-refractivity contribution in [2.75, 3.05) is 0 Å². The molecular formula is C9H8O3. The number of aromatic carboxylic acids is 1. The van der Waals surface area contributed by atoms with Gasteiger partial charge in [-0.25, -0.2) is 4.79 Å². The lowest BCUT2D eigenvalue weighted by Gasteiger charge is -1.95. The first-order chi connectivity index (χ1) is 8.50. The van der Waals surface area contributed by atoms with Gasteiger partial charge in [0, 0.05) is 9.68 Å². The molecule has 0 saturated heterocycles. The molecule has 1 rings (SSSR count). The largest absolute Gasteiger partial charge is 0.478 e. The Labute approximate surface area is 79.5 Å². The minimum Gasteiger partial charge on any atom is -0.478 e. The van der Waals surface area contributed by atoms with Crippen LogP contribution in [0.5, 0.6) is 0 Å². The Bertz CT molecular complexity index is 547. The fourth-order valence-electron chi connectivity index (χ4n) is 0.533. The summed E-state index contributed by atoms with van der Waals surface area (Å²) < 4.78 is 50.5. The maximum atomic E-state index is 11.6. The zero-order chi connectivity index (χ0) is 15.1. The molecule has 0 spiro atoms. The molecular weight excluding hydrogens is 156 g/mol. The molecule has 1 N–H and O–H groups in total. The molecule has 1 aromatic rings. The van der Waals surface area contributed by atoms with Crippen LogP contribution in [-0.2, 0) is 0 Å². The molecule has 12 heavy (non-hydrogen) atoms. The molecule has 0 unspecified atom stereocenters. The van der Waals surface area contributed by atoms with E-state index in [4.69, 9.17) is 14.7 Å². The van der Waals surface area contributed by atoms with Crippen LogP contribution in [0.1, 0.15) is 37.2 Å². The van der Waals surface area contributed by atoms with Crippen molar-refractivity contribution < 1.29 is 24.3 Å². The van der Waals surface area contributed by atoms with E-state index in [1.54, 1.807) is 0 Å². The average molecular weight is 171 g/mol. The van der Waals surface area contributed by atoms with Crippen LogP contribution in [0, 0.1) is 0 Å². The number of ketones is 1. The summed E-state index contributed by atoms with van der Waals surface area (Å²) in [7, 11) is 0. The Hall–Kier alpha value is -1.64. The number of carbonyl (C=O) groups is 2. The monoisotopic (exact) mass is 171 g/mol. The van der Waals surface area contributed by atoms with Gasteiger partial charge in [-0.1, -0.05) is 12.1 Å². The fourth-order valence-corrected chi connectivity index (χ4v) is 0.533. The highest BCUT2D eigenvalue weighted by Gasteiger charge is 2.02. The first-order valence-electron chi connectivity index (χ1n) is 6.38. The molecule has 3 nitrogen and oxygen atoms in total. The fraction of sp³-hybridized carbons (Fsp3) is 0.111. The molecule has 0 saturated carbocycles. The molecule has 62 valence electrons. The Kier molecular flexibility index (Phi) is 0.796. The number of Topliss-reactive ketones (excluding diaryl/α,β-unsaturated/α-hetero) is 1. The summed E-state index contributed by atoms with van der Waals surface area (Å²) >= 11 is 0. The van der Waals surface area contributed by atoms with Crippen LogP contribution >= 0.6 is 0 Å². The van der Waals surface area contributed by atoms with E-state index >= 15 is 0 Å². The highest BCUT2D eigenvalue weighted by molar-refractivity contribution is 5.95. The minimum atomic E-state index is -3.13. The Balaban J connectivity index is 3.72. The lowest BCUT2D eigenvalue weighted by molar-refractivity contribution is 0.0696. The number of carboxylic acid groups (broad SMARTS) is 1. The summed E-state index contributed by atoms with van der Waals surface area (Å²) in [6.07, 6.45) is 0. The van der Waals surface area contributed by atoms with Gasteiger partial charge in [0.1, 0.15) is 0 Å². The van der Waals surface area contributed by atoms with Crippen molar-refractivity contribution in [1.29, 1.82) is 0 Å². The lowest BCUT2D eigenvalue weighted by Crippen LogP contribution is -1.97. The van der Waals surface area contributed by atoms with Crippen molar-refractivity contribution in [1.82, 2.24) is 0 Å². The van der Waals surface area contributed by atoms with Gasteiger partial charge in [-0.3, -0.25) is 4.79 Å². The molecule has 0 amide bonds. The van der Waals surface area contributed by atoms with Gasteiger partial charge in [0.25, 0.3) is 0 Å². The molecule has 0 aliphatic rings. The molecule has 0 aliphatic heterocycles. The smallest absolute Gasteiger partial charge is 0.335 e. The molecule has 0 fully saturated rings. The molecule has 3 heteroatoms. The van der Waals surface area contributed by atoms with E-state index < -0.39 is 53.9 Å². The van der Waals surface area contributed by atoms with Crippen LogP contribution in [0.3, 0.4) is 0 Å². The second kappa shape index (κ2) is 3.17. The summed E-state index contributed by atoms with van der Waals surface area (Å²) in [6, 6.07) is -3.86. The predicted octanol–water partition coefficient (Wildman–Crippen LogP) is 1.59. The van der Waals surface area contributed by atoms with E-state index in [0.717, 1.165) is 0 Å². The van der Waals surface area contributed by atoms with Crippen molar-refractivity contribution in [3.05, 3.63) is 35.3 Å². The topological polar surface area (TPSA) is 54.4 Å². The zero-order valence-electron chi connectivity index (χ0n) is 12.8. The first-order valence-corrected chi connectivity index (χ1v) is 2.88. The van der Waals surface area contributed by atoms with Gasteiger partial charge in [-0.15, -0.1) is 0 Å². The van der Waals surface area contributed by atoms with Gasteiger partial charge in [-0.05, 0) is 18.9 Å². The highest BCUT2D eigenvalue weighted by atomic mass is 16.4. The third-order valence-electron chi connectivity index (χ3n) is 1.07. The van der Waals surface area contributed by atoms with Gasteiger partial charge in [0.15, 0.2) is 5.78 Å². The van der Waals surface area contributed by atoms with E-state index in [2.05, 4.69) is 0 Å². The number of hydrogen-bond acceptors (Lipinski definition) is 2. The van der Waals surface area contributed by atoms with Gasteiger partial charge >= 0.3 is 5.97 Å². The number of rotatable bonds is 2. The van der Waals surface area contributed by atoms with Crippen LogP contribution in [0.4, 0.5) is 0 Å². The predicted molar refractivity (Wildman–Crippen MR) is 43.4 cm³/mol. The molecule has 0 radical (unpaired) electrons. The number of benzene rings is 1. The minimum absolute atomic E-state index is 0.905. The van der Waals surface area contributed by atoms with Gasteiger partial charge in [-0.2, -0.15) is 0 Å².